The summed E-state index contributed by atoms with van der Waals surface area (Å²) in [5, 5.41) is 9.74. The van der Waals surface area contributed by atoms with Gasteiger partial charge in [0.1, 0.15) is 0 Å². The Morgan fingerprint density at radius 3 is 2.59 bits per heavy atom. The molecule has 0 aromatic heterocycles. The molecule has 4 nitrogen and oxygen atoms in total. The van der Waals surface area contributed by atoms with E-state index in [0.29, 0.717) is 6.54 Å². The molecule has 1 rings (SSSR count). The molecule has 0 aromatic carbocycles. The molecule has 2 atom stereocenters. The molecule has 1 aliphatic rings. The van der Waals surface area contributed by atoms with Crippen molar-refractivity contribution in [3.8, 4) is 0 Å². The largest absolute Gasteiger partial charge is 0.392 e. The topological polar surface area (TPSA) is 43.8 Å². The minimum atomic E-state index is -0.354. The van der Waals surface area contributed by atoms with Crippen molar-refractivity contribution in [1.82, 2.24) is 9.80 Å². The molecule has 1 heterocycles. The van der Waals surface area contributed by atoms with E-state index < -0.39 is 0 Å². The maximum Gasteiger partial charge on any atom is 0.236 e. The molecule has 1 amide bonds. The SMILES string of the molecule is CC(O)C1CCCCN1CC(=O)N(C)C(C)C. The van der Waals surface area contributed by atoms with Gasteiger partial charge in [-0.2, -0.15) is 0 Å². The lowest BCUT2D eigenvalue weighted by atomic mass is 9.98. The van der Waals surface area contributed by atoms with E-state index in [0.717, 1.165) is 25.8 Å². The molecule has 1 fully saturated rings. The molecule has 17 heavy (non-hydrogen) atoms. The number of nitrogens with zero attached hydrogens (tertiary/aromatic N) is 2. The van der Waals surface area contributed by atoms with Crippen LogP contribution in [0.25, 0.3) is 0 Å². The minimum Gasteiger partial charge on any atom is -0.392 e. The van der Waals surface area contributed by atoms with Crippen molar-refractivity contribution in [2.75, 3.05) is 20.1 Å². The second-order valence-corrected chi connectivity index (χ2v) is 5.37. The summed E-state index contributed by atoms with van der Waals surface area (Å²) in [6.45, 7) is 7.21. The van der Waals surface area contributed by atoms with Crippen LogP contribution < -0.4 is 0 Å². The molecule has 0 aliphatic carbocycles. The summed E-state index contributed by atoms with van der Waals surface area (Å²) in [6, 6.07) is 0.380. The van der Waals surface area contributed by atoms with Crippen LogP contribution in [0.4, 0.5) is 0 Å². The van der Waals surface area contributed by atoms with Gasteiger partial charge >= 0.3 is 0 Å². The standard InChI is InChI=1S/C13H26N2O2/c1-10(2)14(4)13(17)9-15-8-6-5-7-12(15)11(3)16/h10-12,16H,5-9H2,1-4H3. The first-order chi connectivity index (χ1) is 7.93. The normalized spacial score (nSPS) is 23.8. The second kappa shape index (κ2) is 6.36. The average molecular weight is 242 g/mol. The van der Waals surface area contributed by atoms with Crippen LogP contribution in [0.3, 0.4) is 0 Å². The number of likely N-dealkylation sites (N-methyl/N-ethyl adjacent to an activating group) is 1. The van der Waals surface area contributed by atoms with Crippen molar-refractivity contribution in [3.63, 3.8) is 0 Å². The summed E-state index contributed by atoms with van der Waals surface area (Å²) in [4.78, 5) is 15.9. The van der Waals surface area contributed by atoms with Crippen LogP contribution in [-0.4, -0.2) is 59.1 Å². The quantitative estimate of drug-likeness (QED) is 0.802. The van der Waals surface area contributed by atoms with Crippen molar-refractivity contribution in [2.24, 2.45) is 0 Å². The zero-order chi connectivity index (χ0) is 13.0. The summed E-state index contributed by atoms with van der Waals surface area (Å²) < 4.78 is 0. The van der Waals surface area contributed by atoms with E-state index in [1.807, 2.05) is 27.8 Å². The highest BCUT2D eigenvalue weighted by Crippen LogP contribution is 2.19. The van der Waals surface area contributed by atoms with Crippen LogP contribution in [0.2, 0.25) is 0 Å². The van der Waals surface area contributed by atoms with Gasteiger partial charge in [0, 0.05) is 19.1 Å². The predicted octanol–water partition coefficient (Wildman–Crippen LogP) is 1.09. The van der Waals surface area contributed by atoms with Gasteiger partial charge in [0.15, 0.2) is 0 Å². The summed E-state index contributed by atoms with van der Waals surface area (Å²) in [6.07, 6.45) is 2.92. The third-order valence-corrected chi connectivity index (χ3v) is 3.73. The van der Waals surface area contributed by atoms with Gasteiger partial charge < -0.3 is 10.0 Å². The Bertz CT molecular complexity index is 254. The lowest BCUT2D eigenvalue weighted by Gasteiger charge is -2.38. The molecule has 0 aromatic rings. The maximum atomic E-state index is 12.0. The van der Waals surface area contributed by atoms with Gasteiger partial charge in [-0.1, -0.05) is 6.42 Å². The molecule has 0 saturated carbocycles. The molecule has 1 aliphatic heterocycles. The van der Waals surface area contributed by atoms with Crippen molar-refractivity contribution in [2.45, 2.75) is 58.2 Å². The number of carbonyl (C=O) groups excluding carboxylic acids is 1. The molecule has 0 spiro atoms. The molecule has 4 heteroatoms. The Kier molecular flexibility index (Phi) is 5.40. The number of hydrogen-bond donors (Lipinski definition) is 1. The van der Waals surface area contributed by atoms with Gasteiger partial charge in [0.2, 0.25) is 5.91 Å². The number of hydrogen-bond acceptors (Lipinski definition) is 3. The summed E-state index contributed by atoms with van der Waals surface area (Å²) in [7, 11) is 1.84. The summed E-state index contributed by atoms with van der Waals surface area (Å²) in [5.74, 6) is 0.146. The number of piperidine rings is 1. The zero-order valence-electron chi connectivity index (χ0n) is 11.5. The number of aliphatic hydroxyl groups is 1. The third kappa shape index (κ3) is 3.96. The maximum absolute atomic E-state index is 12.0. The zero-order valence-corrected chi connectivity index (χ0v) is 11.5. The monoisotopic (exact) mass is 242 g/mol. The Morgan fingerprint density at radius 1 is 1.41 bits per heavy atom. The number of likely N-dealkylation sites (tertiary alicyclic amines) is 1. The van der Waals surface area contributed by atoms with Crippen molar-refractivity contribution in [1.29, 1.82) is 0 Å². The van der Waals surface area contributed by atoms with Gasteiger partial charge in [0.05, 0.1) is 12.6 Å². The van der Waals surface area contributed by atoms with Gasteiger partial charge in [0.25, 0.3) is 0 Å². The van der Waals surface area contributed by atoms with Crippen LogP contribution in [0, 0.1) is 0 Å². The van der Waals surface area contributed by atoms with Gasteiger partial charge in [-0.25, -0.2) is 0 Å². The first-order valence-corrected chi connectivity index (χ1v) is 6.61. The fourth-order valence-electron chi connectivity index (χ4n) is 2.33. The van der Waals surface area contributed by atoms with Crippen LogP contribution in [-0.2, 0) is 4.79 Å². The Balaban J connectivity index is 2.56. The van der Waals surface area contributed by atoms with Gasteiger partial charge in [-0.15, -0.1) is 0 Å². The molecule has 2 unspecified atom stereocenters. The number of amides is 1. The van der Waals surface area contributed by atoms with E-state index in [-0.39, 0.29) is 24.1 Å². The highest BCUT2D eigenvalue weighted by atomic mass is 16.3. The Morgan fingerprint density at radius 2 is 2.06 bits per heavy atom. The lowest BCUT2D eigenvalue weighted by molar-refractivity contribution is -0.134. The van der Waals surface area contributed by atoms with Gasteiger partial charge in [-0.05, 0) is 40.2 Å². The molecule has 0 bridgehead atoms. The highest BCUT2D eigenvalue weighted by molar-refractivity contribution is 5.78. The molecular weight excluding hydrogens is 216 g/mol. The van der Waals surface area contributed by atoms with E-state index >= 15 is 0 Å². The minimum absolute atomic E-state index is 0.146. The molecular formula is C13H26N2O2. The smallest absolute Gasteiger partial charge is 0.236 e. The Labute approximate surface area is 105 Å². The van der Waals surface area contributed by atoms with Crippen LogP contribution in [0.1, 0.15) is 40.0 Å². The summed E-state index contributed by atoms with van der Waals surface area (Å²) >= 11 is 0. The predicted molar refractivity (Wildman–Crippen MR) is 68.8 cm³/mol. The van der Waals surface area contributed by atoms with E-state index in [1.54, 1.807) is 4.90 Å². The molecule has 0 radical (unpaired) electrons. The third-order valence-electron chi connectivity index (χ3n) is 3.73. The number of carbonyl (C=O) groups is 1. The molecule has 100 valence electrons. The second-order valence-electron chi connectivity index (χ2n) is 5.37. The lowest BCUT2D eigenvalue weighted by Crippen LogP contribution is -2.50. The van der Waals surface area contributed by atoms with E-state index in [4.69, 9.17) is 0 Å². The first kappa shape index (κ1) is 14.5. The van der Waals surface area contributed by atoms with E-state index in [1.165, 1.54) is 0 Å². The van der Waals surface area contributed by atoms with Gasteiger partial charge in [-0.3, -0.25) is 9.69 Å². The number of aliphatic hydroxyl groups excluding tert-OH is 1. The first-order valence-electron chi connectivity index (χ1n) is 6.61. The Hall–Kier alpha value is -0.610. The average Bonchev–Trinajstić information content (AvgIpc) is 2.28. The highest BCUT2D eigenvalue weighted by Gasteiger charge is 2.28. The molecule has 1 saturated heterocycles. The summed E-state index contributed by atoms with van der Waals surface area (Å²) in [5.41, 5.74) is 0. The van der Waals surface area contributed by atoms with Crippen LogP contribution >= 0.6 is 0 Å². The van der Waals surface area contributed by atoms with E-state index in [9.17, 15) is 9.90 Å². The van der Waals surface area contributed by atoms with Crippen LogP contribution in [0.5, 0.6) is 0 Å². The fourth-order valence-corrected chi connectivity index (χ4v) is 2.33. The van der Waals surface area contributed by atoms with Crippen LogP contribution in [0.15, 0.2) is 0 Å². The molecule has 1 N–H and O–H groups in total. The van der Waals surface area contributed by atoms with Crippen molar-refractivity contribution < 1.29 is 9.90 Å². The van der Waals surface area contributed by atoms with E-state index in [2.05, 4.69) is 4.90 Å². The fraction of sp³-hybridized carbons (Fsp3) is 0.923. The number of rotatable bonds is 4. The van der Waals surface area contributed by atoms with Crippen molar-refractivity contribution >= 4 is 5.91 Å². The van der Waals surface area contributed by atoms with Crippen molar-refractivity contribution in [3.05, 3.63) is 0 Å².